The largest absolute Gasteiger partial charge is 0.437 e. The molecule has 114 valence electrons. The van der Waals surface area contributed by atoms with Gasteiger partial charge in [0.15, 0.2) is 0 Å². The van der Waals surface area contributed by atoms with Gasteiger partial charge in [-0.1, -0.05) is 41.0 Å². The van der Waals surface area contributed by atoms with Crippen molar-refractivity contribution in [1.82, 2.24) is 0 Å². The number of carbonyl (C=O) groups excluding carboxylic acids is 1. The standard InChI is InChI=1S/C16H16ClN3O2/c1-20(2)13-9-7-12(8-10-13)11-18-22-16(21)19-15-6-4-3-5-14(15)17/h3-11H,1-2H3,(H,19,21)/b18-11-. The number of oxime groups is 1. The smallest absolute Gasteiger partial charge is 0.378 e. The van der Waals surface area contributed by atoms with E-state index in [0.29, 0.717) is 10.7 Å². The van der Waals surface area contributed by atoms with E-state index in [2.05, 4.69) is 10.5 Å². The van der Waals surface area contributed by atoms with E-state index in [1.54, 1.807) is 24.3 Å². The van der Waals surface area contributed by atoms with Crippen molar-refractivity contribution < 1.29 is 9.63 Å². The molecule has 0 fully saturated rings. The zero-order valence-corrected chi connectivity index (χ0v) is 13.0. The monoisotopic (exact) mass is 317 g/mol. The van der Waals surface area contributed by atoms with Gasteiger partial charge in [0, 0.05) is 19.8 Å². The predicted molar refractivity (Wildman–Crippen MR) is 89.9 cm³/mol. The number of anilines is 2. The second-order valence-electron chi connectivity index (χ2n) is 4.70. The maximum atomic E-state index is 11.6. The molecule has 0 aliphatic carbocycles. The van der Waals surface area contributed by atoms with Crippen molar-refractivity contribution in [2.45, 2.75) is 0 Å². The Morgan fingerprint density at radius 1 is 1.18 bits per heavy atom. The van der Waals surface area contributed by atoms with Crippen LogP contribution in [0.25, 0.3) is 0 Å². The summed E-state index contributed by atoms with van der Waals surface area (Å²) in [4.78, 5) is 18.3. The fourth-order valence-electron chi connectivity index (χ4n) is 1.69. The van der Waals surface area contributed by atoms with Crippen molar-refractivity contribution in [2.24, 2.45) is 5.16 Å². The number of hydrogen-bond donors (Lipinski definition) is 1. The molecule has 2 aromatic carbocycles. The van der Waals surface area contributed by atoms with Crippen LogP contribution in [0.2, 0.25) is 5.02 Å². The van der Waals surface area contributed by atoms with E-state index < -0.39 is 6.09 Å². The van der Waals surface area contributed by atoms with E-state index in [-0.39, 0.29) is 0 Å². The molecule has 0 aromatic heterocycles. The predicted octanol–water partition coefficient (Wildman–Crippen LogP) is 3.99. The summed E-state index contributed by atoms with van der Waals surface area (Å²) < 4.78 is 0. The summed E-state index contributed by atoms with van der Waals surface area (Å²) in [5, 5.41) is 6.59. The lowest BCUT2D eigenvalue weighted by Gasteiger charge is -2.11. The molecule has 1 N–H and O–H groups in total. The minimum absolute atomic E-state index is 0.433. The Morgan fingerprint density at radius 2 is 1.86 bits per heavy atom. The highest BCUT2D eigenvalue weighted by molar-refractivity contribution is 6.33. The zero-order valence-electron chi connectivity index (χ0n) is 12.3. The normalized spacial score (nSPS) is 10.5. The van der Waals surface area contributed by atoms with Crippen molar-refractivity contribution in [3.63, 3.8) is 0 Å². The molecule has 1 amide bonds. The minimum atomic E-state index is -0.700. The van der Waals surface area contributed by atoms with Crippen LogP contribution in [0.1, 0.15) is 5.56 Å². The fraction of sp³-hybridized carbons (Fsp3) is 0.125. The second-order valence-corrected chi connectivity index (χ2v) is 5.11. The van der Waals surface area contributed by atoms with Crippen molar-refractivity contribution in [3.8, 4) is 0 Å². The SMILES string of the molecule is CN(C)c1ccc(/C=N\OC(=O)Nc2ccccc2Cl)cc1. The average molecular weight is 318 g/mol. The van der Waals surface area contributed by atoms with Crippen LogP contribution in [0, 0.1) is 0 Å². The number of nitrogens with one attached hydrogen (secondary N) is 1. The van der Waals surface area contributed by atoms with E-state index in [0.717, 1.165) is 11.3 Å². The fourth-order valence-corrected chi connectivity index (χ4v) is 1.87. The molecule has 22 heavy (non-hydrogen) atoms. The third-order valence-corrected chi connectivity index (χ3v) is 3.19. The molecule has 0 aliphatic rings. The molecule has 0 unspecified atom stereocenters. The molecule has 2 aromatic rings. The van der Waals surface area contributed by atoms with E-state index in [1.165, 1.54) is 6.21 Å². The van der Waals surface area contributed by atoms with E-state index in [1.807, 2.05) is 43.3 Å². The first-order valence-electron chi connectivity index (χ1n) is 6.59. The van der Waals surface area contributed by atoms with Gasteiger partial charge in [0.05, 0.1) is 16.9 Å². The van der Waals surface area contributed by atoms with Gasteiger partial charge < -0.3 is 4.90 Å². The molecule has 0 radical (unpaired) electrons. The molecule has 0 saturated heterocycles. The lowest BCUT2D eigenvalue weighted by Crippen LogP contribution is -2.11. The van der Waals surface area contributed by atoms with E-state index in [4.69, 9.17) is 16.4 Å². The van der Waals surface area contributed by atoms with Crippen LogP contribution < -0.4 is 10.2 Å². The highest BCUT2D eigenvalue weighted by Gasteiger charge is 2.05. The van der Waals surface area contributed by atoms with Gasteiger partial charge >= 0.3 is 6.09 Å². The van der Waals surface area contributed by atoms with Crippen molar-refractivity contribution >= 4 is 35.3 Å². The third-order valence-electron chi connectivity index (χ3n) is 2.86. The van der Waals surface area contributed by atoms with Crippen LogP contribution in [0.3, 0.4) is 0 Å². The van der Waals surface area contributed by atoms with Gasteiger partial charge in [0.25, 0.3) is 0 Å². The number of amides is 1. The van der Waals surface area contributed by atoms with Gasteiger partial charge in [-0.25, -0.2) is 4.79 Å². The number of rotatable bonds is 4. The van der Waals surface area contributed by atoms with Gasteiger partial charge in [0.2, 0.25) is 0 Å². The van der Waals surface area contributed by atoms with Crippen LogP contribution in [-0.4, -0.2) is 26.4 Å². The first kappa shape index (κ1) is 15.9. The highest BCUT2D eigenvalue weighted by atomic mass is 35.5. The van der Waals surface area contributed by atoms with Gasteiger partial charge in [-0.3, -0.25) is 10.2 Å². The van der Waals surface area contributed by atoms with Gasteiger partial charge in [0.1, 0.15) is 0 Å². The van der Waals surface area contributed by atoms with Crippen LogP contribution in [0.5, 0.6) is 0 Å². The molecule has 0 heterocycles. The van der Waals surface area contributed by atoms with Crippen LogP contribution >= 0.6 is 11.6 Å². The number of halogens is 1. The maximum Gasteiger partial charge on any atom is 0.437 e. The summed E-state index contributed by atoms with van der Waals surface area (Å²) >= 11 is 5.93. The topological polar surface area (TPSA) is 53.9 Å². The van der Waals surface area contributed by atoms with Gasteiger partial charge in [-0.2, -0.15) is 0 Å². The molecule has 0 saturated carbocycles. The maximum absolute atomic E-state index is 11.6. The zero-order chi connectivity index (χ0) is 15.9. The number of carbonyl (C=O) groups is 1. The molecule has 0 spiro atoms. The number of benzene rings is 2. The molecule has 0 atom stereocenters. The Kier molecular flexibility index (Phi) is 5.38. The average Bonchev–Trinajstić information content (AvgIpc) is 2.50. The summed E-state index contributed by atoms with van der Waals surface area (Å²) in [7, 11) is 3.93. The van der Waals surface area contributed by atoms with E-state index >= 15 is 0 Å². The third kappa shape index (κ3) is 4.49. The number of nitrogens with zero attached hydrogens (tertiary/aromatic N) is 2. The molecule has 5 nitrogen and oxygen atoms in total. The molecule has 0 aliphatic heterocycles. The Morgan fingerprint density at radius 3 is 2.50 bits per heavy atom. The quantitative estimate of drug-likeness (QED) is 0.527. The van der Waals surface area contributed by atoms with Crippen molar-refractivity contribution in [1.29, 1.82) is 0 Å². The summed E-state index contributed by atoms with van der Waals surface area (Å²) in [5.41, 5.74) is 2.38. The Bertz CT molecular complexity index is 669. The van der Waals surface area contributed by atoms with Crippen LogP contribution in [0.4, 0.5) is 16.2 Å². The van der Waals surface area contributed by atoms with Gasteiger partial charge in [-0.05, 0) is 29.8 Å². The van der Waals surface area contributed by atoms with Crippen LogP contribution in [-0.2, 0) is 4.84 Å². The lowest BCUT2D eigenvalue weighted by molar-refractivity contribution is 0.167. The first-order chi connectivity index (χ1) is 10.6. The molecular weight excluding hydrogens is 302 g/mol. The summed E-state index contributed by atoms with van der Waals surface area (Å²) in [6.45, 7) is 0. The summed E-state index contributed by atoms with van der Waals surface area (Å²) in [6, 6.07) is 14.5. The van der Waals surface area contributed by atoms with Crippen LogP contribution in [0.15, 0.2) is 53.7 Å². The minimum Gasteiger partial charge on any atom is -0.378 e. The Balaban J connectivity index is 1.89. The Labute approximate surface area is 134 Å². The molecular formula is C16H16ClN3O2. The van der Waals surface area contributed by atoms with E-state index in [9.17, 15) is 4.79 Å². The van der Waals surface area contributed by atoms with Gasteiger partial charge in [-0.15, -0.1) is 0 Å². The Hall–Kier alpha value is -2.53. The first-order valence-corrected chi connectivity index (χ1v) is 6.97. The second kappa shape index (κ2) is 7.47. The number of hydrogen-bond acceptors (Lipinski definition) is 4. The van der Waals surface area contributed by atoms with Crippen molar-refractivity contribution in [3.05, 3.63) is 59.1 Å². The highest BCUT2D eigenvalue weighted by Crippen LogP contribution is 2.20. The lowest BCUT2D eigenvalue weighted by atomic mass is 10.2. The number of para-hydroxylation sites is 1. The molecule has 2 rings (SSSR count). The molecule has 0 bridgehead atoms. The summed E-state index contributed by atoms with van der Waals surface area (Å²) in [6.07, 6.45) is 0.764. The summed E-state index contributed by atoms with van der Waals surface area (Å²) in [5.74, 6) is 0. The molecule has 6 heteroatoms. The van der Waals surface area contributed by atoms with Crippen molar-refractivity contribution in [2.75, 3.05) is 24.3 Å².